The van der Waals surface area contributed by atoms with Gasteiger partial charge in [0.2, 0.25) is 0 Å². The zero-order valence-electron chi connectivity index (χ0n) is 9.94. The number of hydrogen-bond donors (Lipinski definition) is 1. The molecule has 0 saturated carbocycles. The molecule has 96 valence electrons. The number of nitrogens with zero attached hydrogens (tertiary/aromatic N) is 2. The van der Waals surface area contributed by atoms with Crippen molar-refractivity contribution < 1.29 is 8.78 Å². The van der Waals surface area contributed by atoms with E-state index < -0.39 is 6.67 Å². The highest BCUT2D eigenvalue weighted by molar-refractivity contribution is 5.16. The Morgan fingerprint density at radius 1 is 1.22 bits per heavy atom. The lowest BCUT2D eigenvalue weighted by Gasteiger charge is -2.03. The van der Waals surface area contributed by atoms with Gasteiger partial charge in [-0.2, -0.15) is 5.10 Å². The Labute approximate surface area is 104 Å². The van der Waals surface area contributed by atoms with Crippen LogP contribution in [0.25, 0.3) is 0 Å². The van der Waals surface area contributed by atoms with Crippen molar-refractivity contribution in [3.63, 3.8) is 0 Å². The summed E-state index contributed by atoms with van der Waals surface area (Å²) in [5.41, 5.74) is 1.88. The highest BCUT2D eigenvalue weighted by Crippen LogP contribution is 2.04. The molecule has 3 nitrogen and oxygen atoms in total. The van der Waals surface area contributed by atoms with Crippen LogP contribution in [0.2, 0.25) is 0 Å². The molecular weight excluding hydrogens is 236 g/mol. The Morgan fingerprint density at radius 3 is 2.83 bits per heavy atom. The van der Waals surface area contributed by atoms with Gasteiger partial charge in [0.1, 0.15) is 12.5 Å². The zero-order chi connectivity index (χ0) is 12.8. The fourth-order valence-electron chi connectivity index (χ4n) is 1.70. The van der Waals surface area contributed by atoms with Crippen molar-refractivity contribution in [3.8, 4) is 0 Å². The zero-order valence-corrected chi connectivity index (χ0v) is 9.94. The lowest BCUT2D eigenvalue weighted by molar-refractivity contribution is 0.427. The van der Waals surface area contributed by atoms with Gasteiger partial charge < -0.3 is 5.32 Å². The summed E-state index contributed by atoms with van der Waals surface area (Å²) in [4.78, 5) is 0. The second kappa shape index (κ2) is 6.26. The van der Waals surface area contributed by atoms with Crippen LogP contribution in [0.1, 0.15) is 11.1 Å². The summed E-state index contributed by atoms with van der Waals surface area (Å²) >= 11 is 0. The Bertz CT molecular complexity index is 496. The molecule has 1 aromatic carbocycles. The molecule has 0 saturated heterocycles. The minimum atomic E-state index is -0.419. The smallest absolute Gasteiger partial charge is 0.123 e. The van der Waals surface area contributed by atoms with E-state index in [0.717, 1.165) is 11.1 Å². The summed E-state index contributed by atoms with van der Waals surface area (Å²) in [5.74, 6) is -0.231. The van der Waals surface area contributed by atoms with Gasteiger partial charge in [-0.05, 0) is 17.7 Å². The van der Waals surface area contributed by atoms with Gasteiger partial charge in [0.05, 0.1) is 12.7 Å². The van der Waals surface area contributed by atoms with Gasteiger partial charge in [0.25, 0.3) is 0 Å². The molecule has 5 heteroatoms. The molecule has 2 rings (SSSR count). The van der Waals surface area contributed by atoms with Crippen molar-refractivity contribution >= 4 is 0 Å². The monoisotopic (exact) mass is 251 g/mol. The van der Waals surface area contributed by atoms with Crippen LogP contribution in [0.3, 0.4) is 0 Å². The van der Waals surface area contributed by atoms with Crippen molar-refractivity contribution in [3.05, 3.63) is 53.6 Å². The van der Waals surface area contributed by atoms with Crippen molar-refractivity contribution in [1.29, 1.82) is 0 Å². The van der Waals surface area contributed by atoms with Crippen molar-refractivity contribution in [2.45, 2.75) is 19.6 Å². The minimum absolute atomic E-state index is 0.231. The maximum Gasteiger partial charge on any atom is 0.123 e. The van der Waals surface area contributed by atoms with Crippen molar-refractivity contribution in [2.24, 2.45) is 0 Å². The van der Waals surface area contributed by atoms with E-state index in [1.165, 1.54) is 12.1 Å². The van der Waals surface area contributed by atoms with Crippen LogP contribution in [0.15, 0.2) is 36.7 Å². The molecule has 1 heterocycles. The summed E-state index contributed by atoms with van der Waals surface area (Å²) in [7, 11) is 0. The molecule has 0 atom stereocenters. The molecule has 18 heavy (non-hydrogen) atoms. The summed E-state index contributed by atoms with van der Waals surface area (Å²) in [6, 6.07) is 6.47. The molecule has 0 unspecified atom stereocenters. The van der Waals surface area contributed by atoms with E-state index >= 15 is 0 Å². The van der Waals surface area contributed by atoms with Gasteiger partial charge in [-0.15, -0.1) is 0 Å². The van der Waals surface area contributed by atoms with E-state index in [4.69, 9.17) is 0 Å². The van der Waals surface area contributed by atoms with Crippen LogP contribution >= 0.6 is 0 Å². The molecule has 0 radical (unpaired) electrons. The standard InChI is InChI=1S/C13H15F2N3/c14-4-5-18-10-12(9-17-18)8-16-7-11-2-1-3-13(15)6-11/h1-3,6,9-10,16H,4-5,7-8H2. The van der Waals surface area contributed by atoms with Crippen LogP contribution < -0.4 is 5.32 Å². The Balaban J connectivity index is 1.81. The summed E-state index contributed by atoms with van der Waals surface area (Å²) in [5, 5.41) is 7.21. The molecule has 0 bridgehead atoms. The number of aryl methyl sites for hydroxylation is 1. The van der Waals surface area contributed by atoms with Crippen LogP contribution in [-0.2, 0) is 19.6 Å². The van der Waals surface area contributed by atoms with Crippen LogP contribution in [-0.4, -0.2) is 16.5 Å². The molecule has 0 aliphatic carbocycles. The van der Waals surface area contributed by atoms with E-state index in [0.29, 0.717) is 13.1 Å². The average Bonchev–Trinajstić information content (AvgIpc) is 2.78. The fourth-order valence-corrected chi connectivity index (χ4v) is 1.70. The largest absolute Gasteiger partial charge is 0.309 e. The van der Waals surface area contributed by atoms with E-state index in [2.05, 4.69) is 10.4 Å². The number of aromatic nitrogens is 2. The Morgan fingerprint density at radius 2 is 2.06 bits per heavy atom. The van der Waals surface area contributed by atoms with Crippen LogP contribution in [0.4, 0.5) is 8.78 Å². The lowest BCUT2D eigenvalue weighted by Crippen LogP contribution is -2.12. The summed E-state index contributed by atoms with van der Waals surface area (Å²) in [6.45, 7) is 1.08. The van der Waals surface area contributed by atoms with E-state index in [1.807, 2.05) is 6.07 Å². The fraction of sp³-hybridized carbons (Fsp3) is 0.308. The molecule has 1 aromatic heterocycles. The summed E-state index contributed by atoms with van der Waals surface area (Å²) in [6.07, 6.45) is 3.51. The number of rotatable bonds is 6. The quantitative estimate of drug-likeness (QED) is 0.853. The maximum atomic E-state index is 12.9. The molecule has 0 fully saturated rings. The first-order valence-corrected chi connectivity index (χ1v) is 5.80. The number of nitrogens with one attached hydrogen (secondary N) is 1. The molecular formula is C13H15F2N3. The van der Waals surface area contributed by atoms with Gasteiger partial charge in [-0.1, -0.05) is 12.1 Å². The first-order chi connectivity index (χ1) is 8.78. The lowest BCUT2D eigenvalue weighted by atomic mass is 10.2. The van der Waals surface area contributed by atoms with Crippen molar-refractivity contribution in [2.75, 3.05) is 6.67 Å². The first-order valence-electron chi connectivity index (χ1n) is 5.80. The second-order valence-corrected chi connectivity index (χ2v) is 4.03. The topological polar surface area (TPSA) is 29.9 Å². The van der Waals surface area contributed by atoms with E-state index in [-0.39, 0.29) is 12.4 Å². The van der Waals surface area contributed by atoms with Gasteiger partial charge in [-0.25, -0.2) is 8.78 Å². The van der Waals surface area contributed by atoms with Crippen LogP contribution in [0, 0.1) is 5.82 Å². The number of halogens is 2. The van der Waals surface area contributed by atoms with Crippen molar-refractivity contribution in [1.82, 2.24) is 15.1 Å². The predicted octanol–water partition coefficient (Wildman–Crippen LogP) is 2.28. The average molecular weight is 251 g/mol. The molecule has 0 aliphatic rings. The number of benzene rings is 1. The third kappa shape index (κ3) is 3.63. The molecule has 1 N–H and O–H groups in total. The molecule has 2 aromatic rings. The number of hydrogen-bond acceptors (Lipinski definition) is 2. The molecule has 0 amide bonds. The minimum Gasteiger partial charge on any atom is -0.309 e. The van der Waals surface area contributed by atoms with Gasteiger partial charge in [-0.3, -0.25) is 4.68 Å². The second-order valence-electron chi connectivity index (χ2n) is 4.03. The third-order valence-electron chi connectivity index (χ3n) is 2.55. The molecule has 0 spiro atoms. The van der Waals surface area contributed by atoms with E-state index in [9.17, 15) is 8.78 Å². The normalized spacial score (nSPS) is 10.8. The number of alkyl halides is 1. The highest BCUT2D eigenvalue weighted by Gasteiger charge is 1.99. The molecule has 0 aliphatic heterocycles. The summed E-state index contributed by atoms with van der Waals surface area (Å²) < 4.78 is 26.6. The Hall–Kier alpha value is -1.75. The third-order valence-corrected chi connectivity index (χ3v) is 2.55. The Kier molecular flexibility index (Phi) is 4.41. The SMILES string of the molecule is FCCn1cc(CNCc2cccc(F)c2)cn1. The van der Waals surface area contributed by atoms with Gasteiger partial charge >= 0.3 is 0 Å². The van der Waals surface area contributed by atoms with Gasteiger partial charge in [0, 0.05) is 24.8 Å². The van der Waals surface area contributed by atoms with Crippen LogP contribution in [0.5, 0.6) is 0 Å². The predicted molar refractivity (Wildman–Crippen MR) is 65.1 cm³/mol. The highest BCUT2D eigenvalue weighted by atomic mass is 19.1. The maximum absolute atomic E-state index is 12.9. The van der Waals surface area contributed by atoms with Gasteiger partial charge in [0.15, 0.2) is 0 Å². The van der Waals surface area contributed by atoms with E-state index in [1.54, 1.807) is 23.1 Å². The first kappa shape index (κ1) is 12.7.